The number of fused-ring (bicyclic) bond motifs is 1. The van der Waals surface area contributed by atoms with Crippen molar-refractivity contribution in [3.05, 3.63) is 70.1 Å². The van der Waals surface area contributed by atoms with Crippen molar-refractivity contribution in [1.82, 2.24) is 0 Å². The maximum absolute atomic E-state index is 12.1. The summed E-state index contributed by atoms with van der Waals surface area (Å²) in [7, 11) is 5.60. The minimum absolute atomic E-state index is 0.0496. The molecule has 0 aliphatic carbocycles. The van der Waals surface area contributed by atoms with Gasteiger partial charge in [-0.1, -0.05) is 12.1 Å². The molecular weight excluding hydrogens is 302 g/mol. The van der Waals surface area contributed by atoms with E-state index >= 15 is 0 Å². The first kappa shape index (κ1) is 15.9. The van der Waals surface area contributed by atoms with Crippen LogP contribution in [0.2, 0.25) is 0 Å². The van der Waals surface area contributed by atoms with Gasteiger partial charge in [-0.15, -0.1) is 0 Å². The highest BCUT2D eigenvalue weighted by Gasteiger charge is 2.05. The van der Waals surface area contributed by atoms with E-state index in [0.29, 0.717) is 16.7 Å². The van der Waals surface area contributed by atoms with Crippen LogP contribution in [0.15, 0.2) is 57.7 Å². The molecule has 0 fully saturated rings. The summed E-state index contributed by atoms with van der Waals surface area (Å²) in [5.74, 6) is 1.28. The first-order chi connectivity index (χ1) is 11.6. The van der Waals surface area contributed by atoms with Gasteiger partial charge in [0.1, 0.15) is 17.1 Å². The maximum atomic E-state index is 12.1. The molecule has 0 unspecified atom stereocenters. The van der Waals surface area contributed by atoms with Gasteiger partial charge < -0.3 is 14.1 Å². The summed E-state index contributed by atoms with van der Waals surface area (Å²) in [5, 5.41) is 0.586. The molecule has 0 aliphatic rings. The van der Waals surface area contributed by atoms with Crippen LogP contribution in [0.25, 0.3) is 23.1 Å². The van der Waals surface area contributed by atoms with Crippen molar-refractivity contribution in [3.63, 3.8) is 0 Å². The van der Waals surface area contributed by atoms with Crippen molar-refractivity contribution in [3.8, 4) is 5.75 Å². The summed E-state index contributed by atoms with van der Waals surface area (Å²) in [6, 6.07) is 14.7. The van der Waals surface area contributed by atoms with Gasteiger partial charge in [0, 0.05) is 37.5 Å². The molecule has 4 heteroatoms. The number of nitrogens with zero attached hydrogens (tertiary/aromatic N) is 1. The molecule has 0 bridgehead atoms. The number of methoxy groups -OCH3 is 1. The van der Waals surface area contributed by atoms with Crippen LogP contribution in [0, 0.1) is 0 Å². The second-order valence-corrected chi connectivity index (χ2v) is 5.66. The average Bonchev–Trinajstić information content (AvgIpc) is 2.59. The highest BCUT2D eigenvalue weighted by Crippen LogP contribution is 2.26. The number of hydrogen-bond acceptors (Lipinski definition) is 4. The standard InChI is InChI=1S/C20H19NO3/c1-21(2)15-10-8-14(20(12-15)23-3)9-11-16-13-18(22)17-6-4-5-7-19(17)24-16/h4-13H,1-3H3. The number of benzene rings is 2. The normalized spacial score (nSPS) is 11.1. The maximum Gasteiger partial charge on any atom is 0.193 e. The van der Waals surface area contributed by atoms with Gasteiger partial charge in [-0.2, -0.15) is 0 Å². The molecule has 2 aromatic carbocycles. The van der Waals surface area contributed by atoms with Crippen LogP contribution in [0.3, 0.4) is 0 Å². The molecule has 4 nitrogen and oxygen atoms in total. The lowest BCUT2D eigenvalue weighted by atomic mass is 10.1. The molecule has 24 heavy (non-hydrogen) atoms. The van der Waals surface area contributed by atoms with Crippen LogP contribution in [0.4, 0.5) is 5.69 Å². The molecular formula is C20H19NO3. The molecule has 0 radical (unpaired) electrons. The Morgan fingerprint density at radius 1 is 1.04 bits per heavy atom. The Bertz CT molecular complexity index is 955. The van der Waals surface area contributed by atoms with E-state index in [0.717, 1.165) is 17.0 Å². The fourth-order valence-electron chi connectivity index (χ4n) is 2.49. The van der Waals surface area contributed by atoms with Crippen LogP contribution >= 0.6 is 0 Å². The Hall–Kier alpha value is -3.01. The van der Waals surface area contributed by atoms with Crippen molar-refractivity contribution >= 4 is 28.8 Å². The Morgan fingerprint density at radius 3 is 2.58 bits per heavy atom. The molecule has 3 aromatic rings. The van der Waals surface area contributed by atoms with Gasteiger partial charge in [0.15, 0.2) is 5.43 Å². The average molecular weight is 321 g/mol. The van der Waals surface area contributed by atoms with Crippen LogP contribution in [-0.2, 0) is 0 Å². The quantitative estimate of drug-likeness (QED) is 0.727. The van der Waals surface area contributed by atoms with Crippen molar-refractivity contribution in [1.29, 1.82) is 0 Å². The second-order valence-electron chi connectivity index (χ2n) is 5.66. The fraction of sp³-hybridized carbons (Fsp3) is 0.150. The van der Waals surface area contributed by atoms with Crippen LogP contribution in [0.1, 0.15) is 11.3 Å². The molecule has 1 aromatic heterocycles. The third-order valence-electron chi connectivity index (χ3n) is 3.81. The number of para-hydroxylation sites is 1. The first-order valence-corrected chi connectivity index (χ1v) is 7.65. The summed E-state index contributed by atoms with van der Waals surface area (Å²) >= 11 is 0. The van der Waals surface area contributed by atoms with Gasteiger partial charge in [-0.25, -0.2) is 0 Å². The van der Waals surface area contributed by atoms with Crippen LogP contribution in [0.5, 0.6) is 5.75 Å². The van der Waals surface area contributed by atoms with Gasteiger partial charge in [0.25, 0.3) is 0 Å². The minimum Gasteiger partial charge on any atom is -0.496 e. The first-order valence-electron chi connectivity index (χ1n) is 7.65. The Kier molecular flexibility index (Phi) is 4.38. The Morgan fingerprint density at radius 2 is 1.83 bits per heavy atom. The van der Waals surface area contributed by atoms with E-state index in [1.54, 1.807) is 25.3 Å². The zero-order valence-corrected chi connectivity index (χ0v) is 13.9. The molecule has 0 amide bonds. The van der Waals surface area contributed by atoms with Gasteiger partial charge in [-0.05, 0) is 36.4 Å². The van der Waals surface area contributed by atoms with Gasteiger partial charge in [0.2, 0.25) is 0 Å². The molecule has 122 valence electrons. The van der Waals surface area contributed by atoms with Crippen LogP contribution in [-0.4, -0.2) is 21.2 Å². The Balaban J connectivity index is 1.98. The summed E-state index contributed by atoms with van der Waals surface area (Å²) in [5.41, 5.74) is 2.51. The SMILES string of the molecule is COc1cc(N(C)C)ccc1C=Cc1cc(=O)c2ccccc2o1. The van der Waals surface area contributed by atoms with E-state index in [1.807, 2.05) is 55.4 Å². The lowest BCUT2D eigenvalue weighted by Crippen LogP contribution is -2.08. The van der Waals surface area contributed by atoms with E-state index in [-0.39, 0.29) is 5.43 Å². The summed E-state index contributed by atoms with van der Waals surface area (Å²) in [6.45, 7) is 0. The highest BCUT2D eigenvalue weighted by atomic mass is 16.5. The van der Waals surface area contributed by atoms with Crippen molar-refractivity contribution in [2.24, 2.45) is 0 Å². The number of ether oxygens (including phenoxy) is 1. The highest BCUT2D eigenvalue weighted by molar-refractivity contribution is 5.79. The van der Waals surface area contributed by atoms with Crippen LogP contribution < -0.4 is 15.1 Å². The lowest BCUT2D eigenvalue weighted by molar-refractivity contribution is 0.414. The van der Waals surface area contributed by atoms with Crippen molar-refractivity contribution in [2.75, 3.05) is 26.1 Å². The summed E-state index contributed by atoms with van der Waals surface area (Å²) in [4.78, 5) is 14.1. The molecule has 0 saturated heterocycles. The molecule has 0 N–H and O–H groups in total. The molecule has 1 heterocycles. The van der Waals surface area contributed by atoms with E-state index in [2.05, 4.69) is 0 Å². The fourth-order valence-corrected chi connectivity index (χ4v) is 2.49. The second kappa shape index (κ2) is 6.62. The largest absolute Gasteiger partial charge is 0.496 e. The van der Waals surface area contributed by atoms with Crippen molar-refractivity contribution < 1.29 is 9.15 Å². The van der Waals surface area contributed by atoms with Gasteiger partial charge in [-0.3, -0.25) is 4.79 Å². The number of rotatable bonds is 4. The number of hydrogen-bond donors (Lipinski definition) is 0. The predicted octanol–water partition coefficient (Wildman–Crippen LogP) is 4.04. The number of anilines is 1. The molecule has 0 aliphatic heterocycles. The predicted molar refractivity (Wildman–Crippen MR) is 98.7 cm³/mol. The van der Waals surface area contributed by atoms with Gasteiger partial charge in [0.05, 0.1) is 12.5 Å². The molecule has 3 rings (SSSR count). The third-order valence-corrected chi connectivity index (χ3v) is 3.81. The van der Waals surface area contributed by atoms with Gasteiger partial charge >= 0.3 is 0 Å². The minimum atomic E-state index is -0.0496. The smallest absolute Gasteiger partial charge is 0.193 e. The summed E-state index contributed by atoms with van der Waals surface area (Å²) < 4.78 is 11.2. The molecule has 0 spiro atoms. The van der Waals surface area contributed by atoms with Crippen molar-refractivity contribution in [2.45, 2.75) is 0 Å². The van der Waals surface area contributed by atoms with E-state index in [1.165, 1.54) is 6.07 Å². The third kappa shape index (κ3) is 3.18. The zero-order valence-electron chi connectivity index (χ0n) is 13.9. The lowest BCUT2D eigenvalue weighted by Gasteiger charge is -2.14. The monoisotopic (exact) mass is 321 g/mol. The molecule has 0 atom stereocenters. The van der Waals surface area contributed by atoms with E-state index in [4.69, 9.17) is 9.15 Å². The summed E-state index contributed by atoms with van der Waals surface area (Å²) in [6.07, 6.45) is 3.66. The Labute approximate surface area is 140 Å². The topological polar surface area (TPSA) is 42.7 Å². The van der Waals surface area contributed by atoms with E-state index in [9.17, 15) is 4.79 Å². The van der Waals surface area contributed by atoms with E-state index < -0.39 is 0 Å². The molecule has 0 saturated carbocycles. The zero-order chi connectivity index (χ0) is 17.1.